The Labute approximate surface area is 123 Å². The summed E-state index contributed by atoms with van der Waals surface area (Å²) in [6.45, 7) is 8.53. The number of nitrogens with zero attached hydrogens (tertiary/aromatic N) is 4. The van der Waals surface area contributed by atoms with Crippen LogP contribution >= 0.6 is 0 Å². The van der Waals surface area contributed by atoms with Crippen LogP contribution in [0.5, 0.6) is 0 Å². The number of carboxylic acids is 1. The van der Waals surface area contributed by atoms with Crippen molar-refractivity contribution in [3.8, 4) is 0 Å². The molecule has 1 aliphatic heterocycles. The molecule has 1 N–H and O–H groups in total. The van der Waals surface area contributed by atoms with Crippen molar-refractivity contribution in [1.29, 1.82) is 0 Å². The van der Waals surface area contributed by atoms with E-state index in [1.807, 2.05) is 13.1 Å². The van der Waals surface area contributed by atoms with E-state index < -0.39 is 5.97 Å². The first-order valence-corrected chi connectivity index (χ1v) is 7.27. The van der Waals surface area contributed by atoms with E-state index in [4.69, 9.17) is 5.11 Å². The zero-order chi connectivity index (χ0) is 15.2. The van der Waals surface area contributed by atoms with Crippen LogP contribution in [0.4, 0.5) is 5.69 Å². The van der Waals surface area contributed by atoms with Gasteiger partial charge in [0.25, 0.3) is 5.82 Å². The summed E-state index contributed by atoms with van der Waals surface area (Å²) < 4.78 is 1.58. The van der Waals surface area contributed by atoms with Crippen molar-refractivity contribution in [2.45, 2.75) is 33.6 Å². The molecule has 1 saturated heterocycles. The number of anilines is 1. The largest absolute Gasteiger partial charge is 0.475 e. The molecular weight excluding hydrogens is 268 g/mol. The van der Waals surface area contributed by atoms with Crippen LogP contribution in [0.1, 0.15) is 42.9 Å². The van der Waals surface area contributed by atoms with Crippen LogP contribution < -0.4 is 4.90 Å². The molecule has 0 saturated carbocycles. The SMILES string of the molecule is CC[C@@]1(C)CCN(c2cc(C)c3nc(C(=O)O)nn3c2)C1. The molecule has 112 valence electrons. The van der Waals surface area contributed by atoms with Gasteiger partial charge in [0.05, 0.1) is 11.9 Å². The maximum atomic E-state index is 11.0. The Bertz CT molecular complexity index is 709. The summed E-state index contributed by atoms with van der Waals surface area (Å²) in [7, 11) is 0. The van der Waals surface area contributed by atoms with Crippen molar-refractivity contribution in [3.05, 3.63) is 23.7 Å². The van der Waals surface area contributed by atoms with Crippen LogP contribution in [0.2, 0.25) is 0 Å². The van der Waals surface area contributed by atoms with Gasteiger partial charge in [-0.1, -0.05) is 13.8 Å². The van der Waals surface area contributed by atoms with Gasteiger partial charge in [0.2, 0.25) is 0 Å². The van der Waals surface area contributed by atoms with Gasteiger partial charge in [-0.15, -0.1) is 5.10 Å². The van der Waals surface area contributed by atoms with E-state index in [9.17, 15) is 4.79 Å². The van der Waals surface area contributed by atoms with Crippen LogP contribution in [0.15, 0.2) is 12.3 Å². The molecule has 0 unspecified atom stereocenters. The number of hydrogen-bond donors (Lipinski definition) is 1. The minimum Gasteiger partial charge on any atom is -0.475 e. The van der Waals surface area contributed by atoms with Gasteiger partial charge < -0.3 is 10.0 Å². The van der Waals surface area contributed by atoms with Gasteiger partial charge in [0, 0.05) is 13.1 Å². The molecule has 0 amide bonds. The van der Waals surface area contributed by atoms with Crippen LogP contribution in [-0.4, -0.2) is 38.8 Å². The predicted molar refractivity (Wildman–Crippen MR) is 79.9 cm³/mol. The van der Waals surface area contributed by atoms with Gasteiger partial charge in [-0.25, -0.2) is 14.3 Å². The molecule has 1 fully saturated rings. The summed E-state index contributed by atoms with van der Waals surface area (Å²) in [4.78, 5) is 17.4. The van der Waals surface area contributed by atoms with Crippen molar-refractivity contribution < 1.29 is 9.90 Å². The number of aromatic carboxylic acids is 1. The second kappa shape index (κ2) is 4.72. The number of fused-ring (bicyclic) bond motifs is 1. The first kappa shape index (κ1) is 13.9. The van der Waals surface area contributed by atoms with Crippen LogP contribution in [0.25, 0.3) is 5.65 Å². The molecule has 0 aromatic carbocycles. The molecule has 0 aliphatic carbocycles. The van der Waals surface area contributed by atoms with Crippen molar-refractivity contribution in [2.75, 3.05) is 18.0 Å². The highest BCUT2D eigenvalue weighted by atomic mass is 16.4. The molecule has 3 heterocycles. The first-order chi connectivity index (χ1) is 9.92. The minimum atomic E-state index is -1.10. The van der Waals surface area contributed by atoms with Crippen LogP contribution in [0, 0.1) is 12.3 Å². The average Bonchev–Trinajstić information content (AvgIpc) is 3.03. The number of carboxylic acid groups (broad SMARTS) is 1. The van der Waals surface area contributed by atoms with E-state index in [2.05, 4.69) is 34.9 Å². The fourth-order valence-electron chi connectivity index (χ4n) is 2.93. The zero-order valence-electron chi connectivity index (χ0n) is 12.6. The molecule has 0 radical (unpaired) electrons. The quantitative estimate of drug-likeness (QED) is 0.938. The van der Waals surface area contributed by atoms with Crippen molar-refractivity contribution in [1.82, 2.24) is 14.6 Å². The monoisotopic (exact) mass is 288 g/mol. The smallest absolute Gasteiger partial charge is 0.375 e. The topological polar surface area (TPSA) is 70.7 Å². The Morgan fingerprint density at radius 2 is 2.29 bits per heavy atom. The molecule has 1 atom stereocenters. The molecule has 0 bridgehead atoms. The van der Waals surface area contributed by atoms with Crippen molar-refractivity contribution >= 4 is 17.3 Å². The van der Waals surface area contributed by atoms with Crippen molar-refractivity contribution in [2.24, 2.45) is 5.41 Å². The van der Waals surface area contributed by atoms with E-state index in [0.29, 0.717) is 11.1 Å². The molecule has 6 nitrogen and oxygen atoms in total. The summed E-state index contributed by atoms with van der Waals surface area (Å²) in [5, 5.41) is 13.1. The number of hydrogen-bond acceptors (Lipinski definition) is 4. The third kappa shape index (κ3) is 2.34. The number of pyridine rings is 1. The Kier molecular flexibility index (Phi) is 3.11. The fraction of sp³-hybridized carbons (Fsp3) is 0.533. The lowest BCUT2D eigenvalue weighted by atomic mass is 9.87. The van der Waals surface area contributed by atoms with Crippen molar-refractivity contribution in [3.63, 3.8) is 0 Å². The Morgan fingerprint density at radius 3 is 2.90 bits per heavy atom. The Hall–Kier alpha value is -2.11. The van der Waals surface area contributed by atoms with E-state index in [0.717, 1.165) is 30.8 Å². The highest BCUT2D eigenvalue weighted by Gasteiger charge is 2.32. The number of carbonyl (C=O) groups is 1. The summed E-state index contributed by atoms with van der Waals surface area (Å²) >= 11 is 0. The lowest BCUT2D eigenvalue weighted by molar-refractivity contribution is 0.0684. The highest BCUT2D eigenvalue weighted by Crippen LogP contribution is 2.36. The minimum absolute atomic E-state index is 0.157. The summed E-state index contributed by atoms with van der Waals surface area (Å²) in [5.74, 6) is -1.26. The number of aryl methyl sites for hydroxylation is 1. The lowest BCUT2D eigenvalue weighted by Gasteiger charge is -2.24. The van der Waals surface area contributed by atoms with E-state index in [1.165, 1.54) is 6.42 Å². The Balaban J connectivity index is 1.99. The maximum absolute atomic E-state index is 11.0. The summed E-state index contributed by atoms with van der Waals surface area (Å²) in [6, 6.07) is 2.07. The van der Waals surface area contributed by atoms with Gasteiger partial charge in [0.1, 0.15) is 0 Å². The predicted octanol–water partition coefficient (Wildman–Crippen LogP) is 2.36. The normalized spacial score (nSPS) is 22.1. The van der Waals surface area contributed by atoms with Gasteiger partial charge in [-0.05, 0) is 36.8 Å². The average molecular weight is 288 g/mol. The molecule has 1 aliphatic rings. The Morgan fingerprint density at radius 1 is 1.52 bits per heavy atom. The molecular formula is C15H20N4O2. The van der Waals surface area contributed by atoms with Gasteiger partial charge >= 0.3 is 5.97 Å². The summed E-state index contributed by atoms with van der Waals surface area (Å²) in [6.07, 6.45) is 4.22. The van der Waals surface area contributed by atoms with Crippen LogP contribution in [0.3, 0.4) is 0 Å². The second-order valence-electron chi connectivity index (χ2n) is 6.23. The molecule has 0 spiro atoms. The third-order valence-electron chi connectivity index (χ3n) is 4.57. The van der Waals surface area contributed by atoms with E-state index in [-0.39, 0.29) is 5.82 Å². The highest BCUT2D eigenvalue weighted by molar-refractivity contribution is 5.84. The molecule has 2 aromatic rings. The number of rotatable bonds is 3. The van der Waals surface area contributed by atoms with E-state index >= 15 is 0 Å². The fourth-order valence-corrected chi connectivity index (χ4v) is 2.93. The van der Waals surface area contributed by atoms with Gasteiger partial charge in [-0.2, -0.15) is 0 Å². The number of aromatic nitrogens is 3. The lowest BCUT2D eigenvalue weighted by Crippen LogP contribution is -2.24. The molecule has 3 rings (SSSR count). The zero-order valence-corrected chi connectivity index (χ0v) is 12.6. The molecule has 21 heavy (non-hydrogen) atoms. The molecule has 2 aromatic heterocycles. The van der Waals surface area contributed by atoms with Gasteiger partial charge in [0.15, 0.2) is 5.65 Å². The van der Waals surface area contributed by atoms with E-state index in [1.54, 1.807) is 4.52 Å². The first-order valence-electron chi connectivity index (χ1n) is 7.27. The standard InChI is InChI=1S/C15H20N4O2/c1-4-15(3)5-6-18(9-15)11-7-10(2)13-16-12(14(20)21)17-19(13)8-11/h7-8H,4-6,9H2,1-3H3,(H,20,21)/t15-/m0/s1. The van der Waals surface area contributed by atoms with Crippen LogP contribution in [-0.2, 0) is 0 Å². The second-order valence-corrected chi connectivity index (χ2v) is 6.23. The molecule has 6 heteroatoms. The summed E-state index contributed by atoms with van der Waals surface area (Å²) in [5.41, 5.74) is 2.99. The maximum Gasteiger partial charge on any atom is 0.375 e. The third-order valence-corrected chi connectivity index (χ3v) is 4.57. The van der Waals surface area contributed by atoms with Gasteiger partial charge in [-0.3, -0.25) is 0 Å².